The Bertz CT molecular complexity index is 419. The zero-order valence-electron chi connectivity index (χ0n) is 10.9. The summed E-state index contributed by atoms with van der Waals surface area (Å²) in [6, 6.07) is 0.190. The van der Waals surface area contributed by atoms with Gasteiger partial charge in [0, 0.05) is 19.4 Å². The number of rotatable bonds is 1. The summed E-state index contributed by atoms with van der Waals surface area (Å²) in [5.74, 6) is -0.144. The fraction of sp³-hybridized carbons (Fsp3) is 0.769. The minimum Gasteiger partial charge on any atom is -0.374 e. The Balaban J connectivity index is 1.73. The Kier molecular flexibility index (Phi) is 3.50. The number of morpholine rings is 1. The first kappa shape index (κ1) is 12.6. The summed E-state index contributed by atoms with van der Waals surface area (Å²) >= 11 is 0. The Morgan fingerprint density at radius 1 is 1.32 bits per heavy atom. The summed E-state index contributed by atoms with van der Waals surface area (Å²) in [6.45, 7) is 1.24. The second-order valence-corrected chi connectivity index (χ2v) is 5.35. The van der Waals surface area contributed by atoms with E-state index in [4.69, 9.17) is 4.74 Å². The SMILES string of the molecule is O=C1CCC(C(=O)N2CCOC3CCCCC32)=NN1. The second kappa shape index (κ2) is 5.28. The highest BCUT2D eigenvalue weighted by molar-refractivity contribution is 6.39. The molecule has 0 spiro atoms. The molecule has 6 nitrogen and oxygen atoms in total. The van der Waals surface area contributed by atoms with E-state index in [0.717, 1.165) is 19.3 Å². The Labute approximate surface area is 112 Å². The summed E-state index contributed by atoms with van der Waals surface area (Å²) in [5.41, 5.74) is 2.87. The number of nitrogens with zero attached hydrogens (tertiary/aromatic N) is 2. The van der Waals surface area contributed by atoms with E-state index in [0.29, 0.717) is 31.7 Å². The van der Waals surface area contributed by atoms with Gasteiger partial charge in [-0.1, -0.05) is 12.8 Å². The number of carbonyl (C=O) groups excluding carboxylic acids is 2. The van der Waals surface area contributed by atoms with Gasteiger partial charge in [-0.05, 0) is 12.8 Å². The lowest BCUT2D eigenvalue weighted by atomic mass is 9.89. The molecular formula is C13H19N3O3. The molecule has 3 aliphatic rings. The third-order valence-corrected chi connectivity index (χ3v) is 4.14. The first-order chi connectivity index (χ1) is 9.25. The van der Waals surface area contributed by atoms with Crippen LogP contribution in [0.1, 0.15) is 38.5 Å². The minimum atomic E-state index is -0.117. The molecule has 0 aromatic heterocycles. The van der Waals surface area contributed by atoms with Crippen LogP contribution in [0.2, 0.25) is 0 Å². The summed E-state index contributed by atoms with van der Waals surface area (Å²) in [7, 11) is 0. The van der Waals surface area contributed by atoms with E-state index < -0.39 is 0 Å². The molecule has 0 radical (unpaired) electrons. The normalized spacial score (nSPS) is 31.3. The van der Waals surface area contributed by atoms with Crippen molar-refractivity contribution < 1.29 is 14.3 Å². The van der Waals surface area contributed by atoms with Crippen LogP contribution in [-0.4, -0.2) is 47.7 Å². The fourth-order valence-electron chi connectivity index (χ4n) is 3.14. The average Bonchev–Trinajstić information content (AvgIpc) is 2.47. The monoisotopic (exact) mass is 265 g/mol. The maximum absolute atomic E-state index is 12.5. The van der Waals surface area contributed by atoms with E-state index >= 15 is 0 Å². The highest BCUT2D eigenvalue weighted by Gasteiger charge is 2.38. The Morgan fingerprint density at radius 2 is 2.16 bits per heavy atom. The molecular weight excluding hydrogens is 246 g/mol. The lowest BCUT2D eigenvalue weighted by molar-refractivity contribution is -0.142. The third-order valence-electron chi connectivity index (χ3n) is 4.14. The fourth-order valence-corrected chi connectivity index (χ4v) is 3.14. The summed E-state index contributed by atoms with van der Waals surface area (Å²) in [5, 5.41) is 3.91. The molecule has 104 valence electrons. The van der Waals surface area contributed by atoms with E-state index in [1.807, 2.05) is 4.90 Å². The molecule has 0 aromatic carbocycles. The molecule has 2 amide bonds. The van der Waals surface area contributed by atoms with Crippen molar-refractivity contribution in [3.63, 3.8) is 0 Å². The molecule has 1 N–H and O–H groups in total. The van der Waals surface area contributed by atoms with Gasteiger partial charge in [-0.15, -0.1) is 0 Å². The van der Waals surface area contributed by atoms with Crippen LogP contribution in [0.3, 0.4) is 0 Å². The lowest BCUT2D eigenvalue weighted by Gasteiger charge is -2.43. The maximum atomic E-state index is 12.5. The molecule has 19 heavy (non-hydrogen) atoms. The number of fused-ring (bicyclic) bond motifs is 1. The predicted molar refractivity (Wildman–Crippen MR) is 68.5 cm³/mol. The smallest absolute Gasteiger partial charge is 0.270 e. The maximum Gasteiger partial charge on any atom is 0.270 e. The number of hydrogen-bond acceptors (Lipinski definition) is 4. The largest absolute Gasteiger partial charge is 0.374 e. The zero-order chi connectivity index (χ0) is 13.2. The van der Waals surface area contributed by atoms with Gasteiger partial charge >= 0.3 is 0 Å². The van der Waals surface area contributed by atoms with Crippen molar-refractivity contribution in [1.29, 1.82) is 0 Å². The number of hydrazone groups is 1. The van der Waals surface area contributed by atoms with Crippen LogP contribution in [-0.2, 0) is 14.3 Å². The van der Waals surface area contributed by atoms with Crippen LogP contribution in [0.15, 0.2) is 5.10 Å². The molecule has 3 rings (SSSR count). The number of nitrogens with one attached hydrogen (secondary N) is 1. The van der Waals surface area contributed by atoms with Crippen molar-refractivity contribution in [1.82, 2.24) is 10.3 Å². The van der Waals surface area contributed by atoms with Crippen molar-refractivity contribution in [2.24, 2.45) is 5.10 Å². The van der Waals surface area contributed by atoms with E-state index in [-0.39, 0.29) is 24.0 Å². The topological polar surface area (TPSA) is 71.0 Å². The van der Waals surface area contributed by atoms with E-state index in [1.165, 1.54) is 6.42 Å². The van der Waals surface area contributed by atoms with Gasteiger partial charge in [0.05, 0.1) is 18.8 Å². The van der Waals surface area contributed by atoms with Gasteiger partial charge in [-0.2, -0.15) is 5.10 Å². The van der Waals surface area contributed by atoms with Crippen molar-refractivity contribution in [3.05, 3.63) is 0 Å². The quantitative estimate of drug-likeness (QED) is 0.747. The van der Waals surface area contributed by atoms with Crippen molar-refractivity contribution in [3.8, 4) is 0 Å². The van der Waals surface area contributed by atoms with Gasteiger partial charge in [-0.3, -0.25) is 9.59 Å². The molecule has 2 aliphatic heterocycles. The number of hydrogen-bond donors (Lipinski definition) is 1. The van der Waals surface area contributed by atoms with Gasteiger partial charge < -0.3 is 9.64 Å². The number of carbonyl (C=O) groups is 2. The second-order valence-electron chi connectivity index (χ2n) is 5.35. The van der Waals surface area contributed by atoms with Crippen LogP contribution < -0.4 is 5.43 Å². The van der Waals surface area contributed by atoms with Crippen LogP contribution in [0.25, 0.3) is 0 Å². The third kappa shape index (κ3) is 2.49. The van der Waals surface area contributed by atoms with Crippen LogP contribution in [0.5, 0.6) is 0 Å². The van der Waals surface area contributed by atoms with Gasteiger partial charge in [-0.25, -0.2) is 5.43 Å². The predicted octanol–water partition coefficient (Wildman–Crippen LogP) is 0.422. The summed E-state index contributed by atoms with van der Waals surface area (Å²) in [6.07, 6.45) is 5.36. The summed E-state index contributed by atoms with van der Waals surface area (Å²) in [4.78, 5) is 25.5. The Morgan fingerprint density at radius 3 is 2.95 bits per heavy atom. The first-order valence-corrected chi connectivity index (χ1v) is 7.03. The van der Waals surface area contributed by atoms with Crippen molar-refractivity contribution in [2.45, 2.75) is 50.7 Å². The molecule has 2 atom stereocenters. The molecule has 2 heterocycles. The van der Waals surface area contributed by atoms with E-state index in [1.54, 1.807) is 0 Å². The summed E-state index contributed by atoms with van der Waals surface area (Å²) < 4.78 is 5.76. The van der Waals surface area contributed by atoms with Gasteiger partial charge in [0.25, 0.3) is 5.91 Å². The molecule has 1 saturated carbocycles. The highest BCUT2D eigenvalue weighted by Crippen LogP contribution is 2.28. The van der Waals surface area contributed by atoms with Gasteiger partial charge in [0.2, 0.25) is 5.91 Å². The molecule has 1 aliphatic carbocycles. The average molecular weight is 265 g/mol. The standard InChI is InChI=1S/C13H19N3O3/c17-12-6-5-9(14-15-12)13(18)16-7-8-19-11-4-2-1-3-10(11)16/h10-11H,1-8H2,(H,15,17). The molecule has 2 fully saturated rings. The molecule has 1 saturated heterocycles. The number of ether oxygens (including phenoxy) is 1. The molecule has 6 heteroatoms. The van der Waals surface area contributed by atoms with Crippen molar-refractivity contribution >= 4 is 17.5 Å². The van der Waals surface area contributed by atoms with Crippen LogP contribution >= 0.6 is 0 Å². The van der Waals surface area contributed by atoms with E-state index in [2.05, 4.69) is 10.5 Å². The minimum absolute atomic E-state index is 0.0276. The number of amides is 2. The van der Waals surface area contributed by atoms with Crippen LogP contribution in [0.4, 0.5) is 0 Å². The Hall–Kier alpha value is -1.43. The highest BCUT2D eigenvalue weighted by atomic mass is 16.5. The first-order valence-electron chi connectivity index (χ1n) is 7.03. The van der Waals surface area contributed by atoms with E-state index in [9.17, 15) is 9.59 Å². The van der Waals surface area contributed by atoms with Gasteiger partial charge in [0.15, 0.2) is 0 Å². The van der Waals surface area contributed by atoms with Crippen LogP contribution in [0, 0.1) is 0 Å². The molecule has 0 bridgehead atoms. The lowest BCUT2D eigenvalue weighted by Crippen LogP contribution is -2.56. The van der Waals surface area contributed by atoms with Crippen molar-refractivity contribution in [2.75, 3.05) is 13.2 Å². The zero-order valence-corrected chi connectivity index (χ0v) is 10.9. The molecule has 2 unspecified atom stereocenters. The molecule has 0 aromatic rings. The van der Waals surface area contributed by atoms with Gasteiger partial charge in [0.1, 0.15) is 5.71 Å².